The Morgan fingerprint density at radius 2 is 2.27 bits per heavy atom. The largest absolute Gasteiger partial charge is 0.463 e. The van der Waals surface area contributed by atoms with E-state index >= 15 is 0 Å². The van der Waals surface area contributed by atoms with Crippen molar-refractivity contribution < 1.29 is 9.13 Å². The van der Waals surface area contributed by atoms with Crippen molar-refractivity contribution in [1.29, 1.82) is 0 Å². The third-order valence-corrected chi connectivity index (χ3v) is 1.63. The molecule has 1 rings (SSSR count). The van der Waals surface area contributed by atoms with E-state index in [4.69, 9.17) is 5.73 Å². The van der Waals surface area contributed by atoms with Crippen LogP contribution in [0, 0.1) is 0 Å². The highest BCUT2D eigenvalue weighted by molar-refractivity contribution is 5.72. The minimum Gasteiger partial charge on any atom is -0.463 e. The number of ether oxygens (including phenoxy) is 1. The van der Waals surface area contributed by atoms with Crippen LogP contribution >= 0.6 is 0 Å². The lowest BCUT2D eigenvalue weighted by Crippen LogP contribution is -2.10. The van der Waals surface area contributed by atoms with Crippen molar-refractivity contribution in [1.82, 2.24) is 0 Å². The van der Waals surface area contributed by atoms with Gasteiger partial charge in [-0.1, -0.05) is 24.8 Å². The quantitative estimate of drug-likeness (QED) is 0.714. The summed E-state index contributed by atoms with van der Waals surface area (Å²) in [5, 5.41) is 0. The van der Waals surface area contributed by atoms with E-state index in [0.717, 1.165) is 6.54 Å². The number of nitrogens with zero attached hydrogens (tertiary/aromatic N) is 1. The molecule has 0 radical (unpaired) electrons. The van der Waals surface area contributed by atoms with Crippen LogP contribution in [0.25, 0.3) is 0 Å². The van der Waals surface area contributed by atoms with Crippen molar-refractivity contribution in [3.8, 4) is 0 Å². The van der Waals surface area contributed by atoms with Crippen LogP contribution in [0.15, 0.2) is 41.2 Å². The summed E-state index contributed by atoms with van der Waals surface area (Å²) in [6.45, 7) is 8.00. The molecule has 0 aromatic heterocycles. The molecule has 1 aliphatic rings. The van der Waals surface area contributed by atoms with Crippen LogP contribution < -0.4 is 5.73 Å². The van der Waals surface area contributed by atoms with Gasteiger partial charge in [0.1, 0.15) is 6.61 Å². The lowest BCUT2D eigenvalue weighted by atomic mass is 10.2. The van der Waals surface area contributed by atoms with Gasteiger partial charge < -0.3 is 10.5 Å². The van der Waals surface area contributed by atoms with Gasteiger partial charge in [-0.3, -0.25) is 0 Å². The van der Waals surface area contributed by atoms with Gasteiger partial charge in [0.05, 0.1) is 12.4 Å². The first-order chi connectivity index (χ1) is 7.07. The van der Waals surface area contributed by atoms with Gasteiger partial charge in [0, 0.05) is 0 Å². The molecule has 1 heterocycles. The molecule has 15 heavy (non-hydrogen) atoms. The molecule has 0 fully saturated rings. The molecule has 0 aromatic rings. The van der Waals surface area contributed by atoms with Crippen LogP contribution in [0.5, 0.6) is 0 Å². The van der Waals surface area contributed by atoms with Crippen molar-refractivity contribution in [2.75, 3.05) is 13.2 Å². The van der Waals surface area contributed by atoms with Crippen LogP contribution in [-0.4, -0.2) is 19.2 Å². The van der Waals surface area contributed by atoms with E-state index < -0.39 is 0 Å². The highest BCUT2D eigenvalue weighted by Gasteiger charge is 1.97. The molecule has 2 N–H and O–H groups in total. The molecule has 0 atom stereocenters. The fourth-order valence-electron chi connectivity index (χ4n) is 0.679. The fraction of sp³-hybridized carbons (Fsp3) is 0.364. The van der Waals surface area contributed by atoms with Crippen LogP contribution in [0.1, 0.15) is 13.8 Å². The zero-order valence-electron chi connectivity index (χ0n) is 9.16. The van der Waals surface area contributed by atoms with Crippen molar-refractivity contribution in [2.24, 2.45) is 10.7 Å². The Balaban J connectivity index is 0.000000280. The summed E-state index contributed by atoms with van der Waals surface area (Å²) in [6.07, 6.45) is 5.01. The van der Waals surface area contributed by atoms with Gasteiger partial charge in [0.2, 0.25) is 0 Å². The van der Waals surface area contributed by atoms with Gasteiger partial charge in [-0.2, -0.15) is 0 Å². The number of allylic oxidation sites excluding steroid dienone is 5. The number of amidine groups is 1. The third-order valence-electron chi connectivity index (χ3n) is 1.63. The minimum atomic E-state index is -0.145. The topological polar surface area (TPSA) is 47.6 Å². The van der Waals surface area contributed by atoms with E-state index in [0.29, 0.717) is 18.2 Å². The predicted molar refractivity (Wildman–Crippen MR) is 61.3 cm³/mol. The average Bonchev–Trinajstić information content (AvgIpc) is 2.66. The molecule has 84 valence electrons. The molecule has 0 aliphatic carbocycles. The van der Waals surface area contributed by atoms with Gasteiger partial charge in [0.15, 0.2) is 0 Å². The number of hydrogen-bond donors (Lipinski definition) is 1. The number of halogens is 1. The molecule has 0 amide bonds. The van der Waals surface area contributed by atoms with E-state index in [9.17, 15) is 4.39 Å². The zero-order chi connectivity index (χ0) is 11.7. The molecule has 0 unspecified atom stereocenters. The lowest BCUT2D eigenvalue weighted by Gasteiger charge is -1.88. The predicted octanol–water partition coefficient (Wildman–Crippen LogP) is 2.32. The van der Waals surface area contributed by atoms with Crippen molar-refractivity contribution in [3.63, 3.8) is 0 Å². The maximum atomic E-state index is 12.2. The molecule has 3 nitrogen and oxygen atoms in total. The molecule has 1 aliphatic heterocycles. The standard InChI is InChI=1S/C8H11F.C3H6N2O/c1-4-5-6-7(2)8(3)9;4-3-5-1-2-6-3/h4-6H,1H2,2-3H3;1-2H2,(H2,4,5)/b6-5-,8-7+;. The molecule has 0 saturated carbocycles. The van der Waals surface area contributed by atoms with Gasteiger partial charge in [-0.25, -0.2) is 9.38 Å². The third kappa shape index (κ3) is 7.49. The van der Waals surface area contributed by atoms with Crippen LogP contribution in [0.3, 0.4) is 0 Å². The Morgan fingerprint density at radius 3 is 2.53 bits per heavy atom. The number of hydrogen-bond acceptors (Lipinski definition) is 3. The van der Waals surface area contributed by atoms with E-state index in [1.165, 1.54) is 6.92 Å². The molecule has 0 aromatic carbocycles. The van der Waals surface area contributed by atoms with Crippen LogP contribution in [0.4, 0.5) is 4.39 Å². The van der Waals surface area contributed by atoms with E-state index in [2.05, 4.69) is 16.3 Å². The highest BCUT2D eigenvalue weighted by atomic mass is 19.1. The first kappa shape index (κ1) is 13.4. The molecule has 0 saturated heterocycles. The maximum Gasteiger partial charge on any atom is 0.282 e. The number of aliphatic imine (C=N–C) groups is 1. The summed E-state index contributed by atoms with van der Waals surface area (Å²) in [7, 11) is 0. The van der Waals surface area contributed by atoms with Crippen molar-refractivity contribution in [3.05, 3.63) is 36.2 Å². The maximum absolute atomic E-state index is 12.2. The summed E-state index contributed by atoms with van der Waals surface area (Å²) < 4.78 is 16.9. The number of rotatable bonds is 2. The Kier molecular flexibility index (Phi) is 6.97. The highest BCUT2D eigenvalue weighted by Crippen LogP contribution is 2.04. The van der Waals surface area contributed by atoms with Crippen LogP contribution in [-0.2, 0) is 4.74 Å². The monoisotopic (exact) mass is 212 g/mol. The minimum absolute atomic E-state index is 0.145. The van der Waals surface area contributed by atoms with E-state index in [1.54, 1.807) is 25.2 Å². The number of nitrogens with two attached hydrogens (primary N) is 1. The van der Waals surface area contributed by atoms with Crippen LogP contribution in [0.2, 0.25) is 0 Å². The SMILES string of the molecule is C=C/C=C\C(C)=C(/C)F.NC1=NCCO1. The van der Waals surface area contributed by atoms with Gasteiger partial charge >= 0.3 is 0 Å². The molecular weight excluding hydrogens is 195 g/mol. The van der Waals surface area contributed by atoms with E-state index in [-0.39, 0.29) is 5.83 Å². The lowest BCUT2D eigenvalue weighted by molar-refractivity contribution is 0.342. The second-order valence-corrected chi connectivity index (χ2v) is 2.88. The average molecular weight is 212 g/mol. The fourth-order valence-corrected chi connectivity index (χ4v) is 0.679. The Hall–Kier alpha value is -1.58. The summed E-state index contributed by atoms with van der Waals surface area (Å²) in [5.41, 5.74) is 5.71. The second kappa shape index (κ2) is 7.79. The van der Waals surface area contributed by atoms with Gasteiger partial charge in [-0.15, -0.1) is 0 Å². The smallest absolute Gasteiger partial charge is 0.282 e. The summed E-state index contributed by atoms with van der Waals surface area (Å²) in [4.78, 5) is 3.71. The normalized spacial score (nSPS) is 16.1. The van der Waals surface area contributed by atoms with Gasteiger partial charge in [-0.05, 0) is 19.4 Å². The Labute approximate surface area is 89.8 Å². The summed E-state index contributed by atoms with van der Waals surface area (Å²) in [6, 6.07) is 0.329. The first-order valence-electron chi connectivity index (χ1n) is 4.62. The Bertz CT molecular complexity index is 289. The molecule has 4 heteroatoms. The van der Waals surface area contributed by atoms with Gasteiger partial charge in [0.25, 0.3) is 6.02 Å². The first-order valence-corrected chi connectivity index (χ1v) is 4.62. The molecular formula is C11H17FN2O. The summed E-state index contributed by atoms with van der Waals surface area (Å²) >= 11 is 0. The molecule has 0 spiro atoms. The second-order valence-electron chi connectivity index (χ2n) is 2.88. The van der Waals surface area contributed by atoms with Crippen molar-refractivity contribution >= 4 is 6.02 Å². The summed E-state index contributed by atoms with van der Waals surface area (Å²) in [5.74, 6) is -0.145. The zero-order valence-corrected chi connectivity index (χ0v) is 9.16. The Morgan fingerprint density at radius 1 is 1.60 bits per heavy atom. The van der Waals surface area contributed by atoms with E-state index in [1.807, 2.05) is 0 Å². The van der Waals surface area contributed by atoms with Crippen molar-refractivity contribution in [2.45, 2.75) is 13.8 Å². The molecule has 0 bridgehead atoms.